The van der Waals surface area contributed by atoms with Crippen molar-refractivity contribution < 1.29 is 9.59 Å². The van der Waals surface area contributed by atoms with E-state index in [0.29, 0.717) is 23.7 Å². The highest BCUT2D eigenvalue weighted by molar-refractivity contribution is 6.02. The summed E-state index contributed by atoms with van der Waals surface area (Å²) in [5.74, 6) is 1.13. The van der Waals surface area contributed by atoms with Crippen molar-refractivity contribution in [2.75, 3.05) is 29.9 Å². The molecule has 0 spiro atoms. The molecule has 1 atom stereocenters. The predicted molar refractivity (Wildman–Crippen MR) is 126 cm³/mol. The largest absolute Gasteiger partial charge is 0.371 e. The molecule has 1 aliphatic heterocycles. The molecule has 1 aromatic carbocycles. The molecule has 5 heteroatoms. The second-order valence-electron chi connectivity index (χ2n) is 9.24. The minimum atomic E-state index is -0.0635. The normalized spacial score (nSPS) is 15.9. The van der Waals surface area contributed by atoms with Gasteiger partial charge in [-0.2, -0.15) is 0 Å². The van der Waals surface area contributed by atoms with Crippen LogP contribution >= 0.6 is 0 Å². The van der Waals surface area contributed by atoms with Crippen LogP contribution in [-0.2, 0) is 4.79 Å². The molecule has 30 heavy (non-hydrogen) atoms. The summed E-state index contributed by atoms with van der Waals surface area (Å²) in [5.41, 5.74) is 2.34. The molecule has 0 unspecified atom stereocenters. The average molecular weight is 416 g/mol. The van der Waals surface area contributed by atoms with Gasteiger partial charge in [0.1, 0.15) is 0 Å². The van der Waals surface area contributed by atoms with Crippen molar-refractivity contribution in [1.29, 1.82) is 0 Å². The van der Waals surface area contributed by atoms with E-state index in [1.807, 2.05) is 18.2 Å². The second kappa shape index (κ2) is 12.0. The third-order valence-electron chi connectivity index (χ3n) is 6.07. The third-order valence-corrected chi connectivity index (χ3v) is 6.07. The molecule has 2 amide bonds. The van der Waals surface area contributed by atoms with Gasteiger partial charge in [0, 0.05) is 36.9 Å². The van der Waals surface area contributed by atoms with Gasteiger partial charge >= 0.3 is 0 Å². The molecule has 0 saturated carbocycles. The van der Waals surface area contributed by atoms with Crippen molar-refractivity contribution in [3.8, 4) is 0 Å². The third kappa shape index (κ3) is 7.03. The van der Waals surface area contributed by atoms with Crippen LogP contribution < -0.4 is 15.5 Å². The summed E-state index contributed by atoms with van der Waals surface area (Å²) in [5, 5.41) is 6.11. The standard InChI is InChI=1S/C25H41N3O2/c1-6-8-9-20(7-2)24(29)27-21-10-11-23(28-14-12-19(5)13-15-28)22(16-21)25(30)26-17-18(3)4/h10-11,16,18-20H,6-9,12-15,17H2,1-5H3,(H,26,30)(H,27,29)/t20-/m1/s1. The number of hydrogen-bond donors (Lipinski definition) is 2. The maximum absolute atomic E-state index is 13.0. The minimum absolute atomic E-state index is 0.0198. The Labute approximate surface area is 183 Å². The number of unbranched alkanes of at least 4 members (excludes halogenated alkanes) is 1. The number of amides is 2. The first kappa shape index (κ1) is 24.2. The Balaban J connectivity index is 2.22. The quantitative estimate of drug-likeness (QED) is 0.533. The van der Waals surface area contributed by atoms with Crippen LogP contribution in [0.5, 0.6) is 0 Å². The first-order valence-electron chi connectivity index (χ1n) is 11.8. The summed E-state index contributed by atoms with van der Waals surface area (Å²) in [4.78, 5) is 28.1. The van der Waals surface area contributed by atoms with E-state index >= 15 is 0 Å². The van der Waals surface area contributed by atoms with Crippen molar-refractivity contribution in [2.45, 2.75) is 73.1 Å². The van der Waals surface area contributed by atoms with E-state index in [9.17, 15) is 9.59 Å². The van der Waals surface area contributed by atoms with Crippen molar-refractivity contribution >= 4 is 23.2 Å². The summed E-state index contributed by atoms with van der Waals surface area (Å²) >= 11 is 0. The maximum Gasteiger partial charge on any atom is 0.253 e. The van der Waals surface area contributed by atoms with Gasteiger partial charge in [-0.15, -0.1) is 0 Å². The molecule has 2 N–H and O–H groups in total. The minimum Gasteiger partial charge on any atom is -0.371 e. The highest BCUT2D eigenvalue weighted by atomic mass is 16.2. The van der Waals surface area contributed by atoms with Gasteiger partial charge in [0.2, 0.25) is 5.91 Å². The number of rotatable bonds is 10. The Bertz CT molecular complexity index is 694. The van der Waals surface area contributed by atoms with Crippen molar-refractivity contribution in [2.24, 2.45) is 17.8 Å². The highest BCUT2D eigenvalue weighted by Gasteiger charge is 2.23. The summed E-state index contributed by atoms with van der Waals surface area (Å²) in [6.45, 7) is 13.2. The van der Waals surface area contributed by atoms with Gasteiger partial charge < -0.3 is 15.5 Å². The molecule has 1 aliphatic rings. The van der Waals surface area contributed by atoms with E-state index in [-0.39, 0.29) is 17.7 Å². The smallest absolute Gasteiger partial charge is 0.253 e. The Morgan fingerprint density at radius 2 is 1.87 bits per heavy atom. The van der Waals surface area contributed by atoms with Crippen molar-refractivity contribution in [1.82, 2.24) is 5.32 Å². The van der Waals surface area contributed by atoms with Gasteiger partial charge in [0.05, 0.1) is 5.56 Å². The fourth-order valence-electron chi connectivity index (χ4n) is 3.93. The van der Waals surface area contributed by atoms with Gasteiger partial charge in [0.15, 0.2) is 0 Å². The number of benzene rings is 1. The summed E-state index contributed by atoms with van der Waals surface area (Å²) < 4.78 is 0. The van der Waals surface area contributed by atoms with Crippen LogP contribution in [0.25, 0.3) is 0 Å². The molecule has 1 heterocycles. The van der Waals surface area contributed by atoms with E-state index in [1.54, 1.807) is 0 Å². The molecule has 168 valence electrons. The molecule has 5 nitrogen and oxygen atoms in total. The van der Waals surface area contributed by atoms with Crippen LogP contribution in [0.15, 0.2) is 18.2 Å². The van der Waals surface area contributed by atoms with Crippen LogP contribution in [0.4, 0.5) is 11.4 Å². The lowest BCUT2D eigenvalue weighted by molar-refractivity contribution is -0.120. The number of carbonyl (C=O) groups is 2. The molecule has 0 radical (unpaired) electrons. The molecular weight excluding hydrogens is 374 g/mol. The number of piperidine rings is 1. The number of carbonyl (C=O) groups excluding carboxylic acids is 2. The Morgan fingerprint density at radius 3 is 2.47 bits per heavy atom. The van der Waals surface area contributed by atoms with E-state index in [2.05, 4.69) is 50.2 Å². The maximum atomic E-state index is 13.0. The molecule has 1 saturated heterocycles. The van der Waals surface area contributed by atoms with Crippen LogP contribution in [0.1, 0.15) is 83.5 Å². The van der Waals surface area contributed by atoms with Crippen molar-refractivity contribution in [3.05, 3.63) is 23.8 Å². The van der Waals surface area contributed by atoms with Crippen molar-refractivity contribution in [3.63, 3.8) is 0 Å². The first-order chi connectivity index (χ1) is 14.3. The number of hydrogen-bond acceptors (Lipinski definition) is 3. The second-order valence-corrected chi connectivity index (χ2v) is 9.24. The lowest BCUT2D eigenvalue weighted by Crippen LogP contribution is -2.35. The fraction of sp³-hybridized carbons (Fsp3) is 0.680. The number of anilines is 2. The van der Waals surface area contributed by atoms with Crippen LogP contribution in [0, 0.1) is 17.8 Å². The molecule has 0 bridgehead atoms. The van der Waals surface area contributed by atoms with Gasteiger partial charge in [-0.25, -0.2) is 0 Å². The van der Waals surface area contributed by atoms with Gasteiger partial charge in [0.25, 0.3) is 5.91 Å². The molecule has 0 aliphatic carbocycles. The summed E-state index contributed by atoms with van der Waals surface area (Å²) in [7, 11) is 0. The molecule has 0 aromatic heterocycles. The van der Waals surface area contributed by atoms with E-state index in [0.717, 1.165) is 63.2 Å². The van der Waals surface area contributed by atoms with E-state index < -0.39 is 0 Å². The molecule has 2 rings (SSSR count). The van der Waals surface area contributed by atoms with Gasteiger partial charge in [-0.05, 0) is 55.7 Å². The Kier molecular flexibility index (Phi) is 9.67. The Morgan fingerprint density at radius 1 is 1.17 bits per heavy atom. The summed E-state index contributed by atoms with van der Waals surface area (Å²) in [6.07, 6.45) is 6.17. The lowest BCUT2D eigenvalue weighted by Gasteiger charge is -2.33. The topological polar surface area (TPSA) is 61.4 Å². The van der Waals surface area contributed by atoms with Crippen LogP contribution in [-0.4, -0.2) is 31.4 Å². The van der Waals surface area contributed by atoms with Gasteiger partial charge in [-0.1, -0.05) is 47.5 Å². The number of nitrogens with one attached hydrogen (secondary N) is 2. The highest BCUT2D eigenvalue weighted by Crippen LogP contribution is 2.29. The van der Waals surface area contributed by atoms with E-state index in [4.69, 9.17) is 0 Å². The summed E-state index contributed by atoms with van der Waals surface area (Å²) in [6, 6.07) is 5.80. The average Bonchev–Trinajstić information content (AvgIpc) is 2.73. The molecule has 1 fully saturated rings. The van der Waals surface area contributed by atoms with Crippen LogP contribution in [0.3, 0.4) is 0 Å². The molecular formula is C25H41N3O2. The number of nitrogens with zero attached hydrogens (tertiary/aromatic N) is 1. The van der Waals surface area contributed by atoms with E-state index in [1.165, 1.54) is 0 Å². The monoisotopic (exact) mass is 415 g/mol. The first-order valence-corrected chi connectivity index (χ1v) is 11.8. The van der Waals surface area contributed by atoms with Crippen LogP contribution in [0.2, 0.25) is 0 Å². The SMILES string of the molecule is CCCC[C@@H](CC)C(=O)Nc1ccc(N2CCC(C)CC2)c(C(=O)NCC(C)C)c1. The van der Waals surface area contributed by atoms with Gasteiger partial charge in [-0.3, -0.25) is 9.59 Å². The Hall–Kier alpha value is -2.04. The zero-order valence-corrected chi connectivity index (χ0v) is 19.6. The molecule has 1 aromatic rings. The zero-order chi connectivity index (χ0) is 22.1. The predicted octanol–water partition coefficient (Wildman–Crippen LogP) is 5.46. The lowest BCUT2D eigenvalue weighted by atomic mass is 9.97. The fourth-order valence-corrected chi connectivity index (χ4v) is 3.93. The zero-order valence-electron chi connectivity index (χ0n) is 19.6.